The fraction of sp³-hybridized carbons (Fsp3) is 0.182. The summed E-state index contributed by atoms with van der Waals surface area (Å²) in [5, 5.41) is 8.79. The Balaban J connectivity index is 1.42. The lowest BCUT2D eigenvalue weighted by molar-refractivity contribution is 0.159. The number of aromatic nitrogens is 2. The molecule has 5 rings (SSSR count). The Labute approximate surface area is 198 Å². The molecule has 0 saturated heterocycles. The monoisotopic (exact) mass is 482 g/mol. The van der Waals surface area contributed by atoms with Crippen LogP contribution in [0.1, 0.15) is 10.4 Å². The van der Waals surface area contributed by atoms with Gasteiger partial charge in [-0.2, -0.15) is 4.98 Å². The van der Waals surface area contributed by atoms with Gasteiger partial charge >= 0.3 is 6.09 Å². The van der Waals surface area contributed by atoms with E-state index in [1.165, 1.54) is 22.4 Å². The highest BCUT2D eigenvalue weighted by Gasteiger charge is 2.23. The quantitative estimate of drug-likeness (QED) is 0.521. The minimum absolute atomic E-state index is 0.294. The van der Waals surface area contributed by atoms with E-state index in [0.717, 1.165) is 27.5 Å². The van der Waals surface area contributed by atoms with Gasteiger partial charge in [0.25, 0.3) is 0 Å². The van der Waals surface area contributed by atoms with Gasteiger partial charge in [0.05, 0.1) is 24.2 Å². The molecule has 1 aromatic carbocycles. The van der Waals surface area contributed by atoms with Crippen LogP contribution in [0.5, 0.6) is 0 Å². The maximum Gasteiger partial charge on any atom is 0.414 e. The van der Waals surface area contributed by atoms with Crippen molar-refractivity contribution in [2.45, 2.75) is 6.42 Å². The zero-order valence-corrected chi connectivity index (χ0v) is 19.2. The molecule has 2 aliphatic rings. The number of thiophene rings is 1. The summed E-state index contributed by atoms with van der Waals surface area (Å²) >= 11 is 7.87. The van der Waals surface area contributed by atoms with E-state index in [4.69, 9.17) is 21.1 Å². The number of cyclic esters (lactones) is 1. The molecule has 4 heterocycles. The van der Waals surface area contributed by atoms with E-state index in [1.807, 2.05) is 29.6 Å². The summed E-state index contributed by atoms with van der Waals surface area (Å²) in [5.41, 5.74) is 3.27. The third kappa shape index (κ3) is 4.22. The van der Waals surface area contributed by atoms with Gasteiger partial charge in [-0.1, -0.05) is 24.2 Å². The van der Waals surface area contributed by atoms with Gasteiger partial charge in [-0.05, 0) is 23.6 Å². The molecule has 9 nitrogen and oxygen atoms in total. The average Bonchev–Trinajstić information content (AvgIpc) is 3.41. The van der Waals surface area contributed by atoms with Crippen molar-refractivity contribution in [3.8, 4) is 0 Å². The molecular weight excluding hydrogens is 464 g/mol. The third-order valence-electron chi connectivity index (χ3n) is 5.11. The number of nitrogens with zero attached hydrogens (tertiary/aromatic N) is 4. The molecule has 33 heavy (non-hydrogen) atoms. The van der Waals surface area contributed by atoms with Crippen molar-refractivity contribution in [1.29, 1.82) is 0 Å². The number of halogens is 1. The number of hydrogen-bond donors (Lipinski definition) is 2. The first-order valence-electron chi connectivity index (χ1n) is 10.1. The molecule has 0 spiro atoms. The lowest BCUT2D eigenvalue weighted by atomic mass is 10.1. The van der Waals surface area contributed by atoms with Gasteiger partial charge in [0.2, 0.25) is 11.8 Å². The number of rotatable bonds is 5. The number of ether oxygens (including phenoxy) is 2. The minimum atomic E-state index is -0.383. The van der Waals surface area contributed by atoms with E-state index < -0.39 is 0 Å². The summed E-state index contributed by atoms with van der Waals surface area (Å²) in [7, 11) is 1.68. The van der Waals surface area contributed by atoms with Crippen molar-refractivity contribution in [3.63, 3.8) is 0 Å². The Kier molecular flexibility index (Phi) is 5.61. The SMILES string of the molecule is C=C1CN=C(c2sccc2Nc2nc(Nc3cccc4c3CCOC(=O)N4C)ncc2Cl)O1. The Morgan fingerprint density at radius 3 is 2.94 bits per heavy atom. The molecule has 11 heteroatoms. The Morgan fingerprint density at radius 2 is 2.12 bits per heavy atom. The predicted molar refractivity (Wildman–Crippen MR) is 129 cm³/mol. The number of aliphatic imine (C=N–C) groups is 1. The third-order valence-corrected chi connectivity index (χ3v) is 6.29. The second kappa shape index (κ2) is 8.72. The Hall–Kier alpha value is -3.63. The molecule has 0 fully saturated rings. The Morgan fingerprint density at radius 1 is 1.24 bits per heavy atom. The van der Waals surface area contributed by atoms with Crippen molar-refractivity contribution in [2.24, 2.45) is 4.99 Å². The van der Waals surface area contributed by atoms with E-state index >= 15 is 0 Å². The number of benzene rings is 1. The normalized spacial score (nSPS) is 15.3. The van der Waals surface area contributed by atoms with Crippen molar-refractivity contribution in [3.05, 3.63) is 63.6 Å². The molecule has 2 aliphatic heterocycles. The lowest BCUT2D eigenvalue weighted by Crippen LogP contribution is -2.25. The van der Waals surface area contributed by atoms with Crippen LogP contribution in [-0.2, 0) is 15.9 Å². The summed E-state index contributed by atoms with van der Waals surface area (Å²) < 4.78 is 10.8. The predicted octanol–water partition coefficient (Wildman–Crippen LogP) is 5.10. The van der Waals surface area contributed by atoms with Crippen LogP contribution < -0.4 is 15.5 Å². The summed E-state index contributed by atoms with van der Waals surface area (Å²) in [6, 6.07) is 7.55. The zero-order chi connectivity index (χ0) is 22.9. The molecule has 0 unspecified atom stereocenters. The van der Waals surface area contributed by atoms with Crippen LogP contribution in [0.25, 0.3) is 0 Å². The van der Waals surface area contributed by atoms with Gasteiger partial charge in [-0.25, -0.2) is 14.8 Å². The molecule has 2 N–H and O–H groups in total. The topological polar surface area (TPSA) is 101 Å². The standard InChI is InChI=1S/C22H19ClN6O3S/c1-12-10-24-20(32-12)18-16(7-9-33-18)26-19-14(23)11-25-21(28-19)27-15-4-3-5-17-13(15)6-8-31-22(30)29(17)2/h3-5,7,9,11H,1,6,8,10H2,2H3,(H2,25,26,27,28). The van der Waals surface area contributed by atoms with E-state index in [2.05, 4.69) is 32.2 Å². The molecule has 0 bridgehead atoms. The van der Waals surface area contributed by atoms with Gasteiger partial charge in [0.1, 0.15) is 22.2 Å². The molecular formula is C22H19ClN6O3S. The summed E-state index contributed by atoms with van der Waals surface area (Å²) in [6.07, 6.45) is 1.71. The van der Waals surface area contributed by atoms with E-state index in [-0.39, 0.29) is 6.09 Å². The number of anilines is 5. The van der Waals surface area contributed by atoms with Crippen molar-refractivity contribution in [1.82, 2.24) is 9.97 Å². The van der Waals surface area contributed by atoms with Crippen molar-refractivity contribution >= 4 is 63.8 Å². The molecule has 0 radical (unpaired) electrons. The molecule has 3 aromatic rings. The van der Waals surface area contributed by atoms with Gasteiger partial charge in [-0.15, -0.1) is 11.3 Å². The van der Waals surface area contributed by atoms with Crippen LogP contribution in [0.4, 0.5) is 33.6 Å². The van der Waals surface area contributed by atoms with Gasteiger partial charge in [0.15, 0.2) is 5.82 Å². The van der Waals surface area contributed by atoms with Crippen LogP contribution in [0.3, 0.4) is 0 Å². The maximum absolute atomic E-state index is 12.0. The van der Waals surface area contributed by atoms with E-state index in [1.54, 1.807) is 7.05 Å². The molecule has 0 atom stereocenters. The summed E-state index contributed by atoms with van der Waals surface area (Å²) in [4.78, 5) is 27.6. The second-order valence-corrected chi connectivity index (χ2v) is 8.62. The van der Waals surface area contributed by atoms with Crippen LogP contribution in [0, 0.1) is 0 Å². The maximum atomic E-state index is 12.0. The minimum Gasteiger partial charge on any atom is -0.449 e. The second-order valence-electron chi connectivity index (χ2n) is 7.29. The van der Waals surface area contributed by atoms with Crippen molar-refractivity contribution < 1.29 is 14.3 Å². The van der Waals surface area contributed by atoms with Crippen LogP contribution in [0.15, 0.2) is 53.2 Å². The summed E-state index contributed by atoms with van der Waals surface area (Å²) in [5.74, 6) is 1.92. The highest BCUT2D eigenvalue weighted by Crippen LogP contribution is 2.34. The number of carbonyl (C=O) groups is 1. The fourth-order valence-corrected chi connectivity index (χ4v) is 4.45. The molecule has 0 saturated carbocycles. The Bertz CT molecular complexity index is 1290. The highest BCUT2D eigenvalue weighted by atomic mass is 35.5. The molecule has 168 valence electrons. The average molecular weight is 483 g/mol. The number of hydrogen-bond acceptors (Lipinski definition) is 9. The van der Waals surface area contributed by atoms with Gasteiger partial charge in [0, 0.05) is 24.7 Å². The van der Waals surface area contributed by atoms with Crippen LogP contribution >= 0.6 is 22.9 Å². The smallest absolute Gasteiger partial charge is 0.414 e. The number of carbonyl (C=O) groups excluding carboxylic acids is 1. The molecule has 2 aromatic heterocycles. The van der Waals surface area contributed by atoms with Gasteiger partial charge in [-0.3, -0.25) is 4.90 Å². The van der Waals surface area contributed by atoms with Gasteiger partial charge < -0.3 is 20.1 Å². The number of nitrogens with one attached hydrogen (secondary N) is 2. The summed E-state index contributed by atoms with van der Waals surface area (Å²) in [6.45, 7) is 4.55. The van der Waals surface area contributed by atoms with Crippen molar-refractivity contribution in [2.75, 3.05) is 35.7 Å². The van der Waals surface area contributed by atoms with E-state index in [9.17, 15) is 4.79 Å². The molecule has 1 amide bonds. The van der Waals surface area contributed by atoms with Crippen LogP contribution in [-0.4, -0.2) is 42.2 Å². The largest absolute Gasteiger partial charge is 0.449 e. The molecule has 0 aliphatic carbocycles. The van der Waals surface area contributed by atoms with Crippen LogP contribution in [0.2, 0.25) is 5.02 Å². The fourth-order valence-electron chi connectivity index (χ4n) is 3.52. The highest BCUT2D eigenvalue weighted by molar-refractivity contribution is 7.12. The first kappa shape index (κ1) is 21.2. The first-order valence-corrected chi connectivity index (χ1v) is 11.3. The number of fused-ring (bicyclic) bond motifs is 1. The first-order chi connectivity index (χ1) is 16.0. The lowest BCUT2D eigenvalue weighted by Gasteiger charge is -2.18. The number of amides is 1. The van der Waals surface area contributed by atoms with E-state index in [0.29, 0.717) is 48.0 Å². The zero-order valence-electron chi connectivity index (χ0n) is 17.6.